The Morgan fingerprint density at radius 1 is 0.875 bits per heavy atom. The van der Waals surface area contributed by atoms with Crippen molar-refractivity contribution in [1.29, 1.82) is 0 Å². The monoisotopic (exact) mass is 296 g/mol. The SMILES string of the molecule is CN.ClB(Cl)Cl.OCCN(CCO)CCO. The van der Waals surface area contributed by atoms with Crippen molar-refractivity contribution in [3.8, 4) is 0 Å². The van der Waals surface area contributed by atoms with E-state index in [9.17, 15) is 0 Å². The van der Waals surface area contributed by atoms with Crippen molar-refractivity contribution in [2.45, 2.75) is 0 Å². The third-order valence-electron chi connectivity index (χ3n) is 1.25. The zero-order valence-electron chi connectivity index (χ0n) is 9.32. The maximum absolute atomic E-state index is 8.48. The third kappa shape index (κ3) is 29.3. The number of aliphatic hydroxyl groups is 3. The Labute approximate surface area is 112 Å². The molecule has 0 fully saturated rings. The van der Waals surface area contributed by atoms with Crippen LogP contribution in [0.4, 0.5) is 0 Å². The lowest BCUT2D eigenvalue weighted by Gasteiger charge is -2.17. The summed E-state index contributed by atoms with van der Waals surface area (Å²) >= 11 is 14.4. The van der Waals surface area contributed by atoms with Crippen LogP contribution in [0.1, 0.15) is 0 Å². The Balaban J connectivity index is -0.000000237. The van der Waals surface area contributed by atoms with Crippen molar-refractivity contribution in [2.75, 3.05) is 46.5 Å². The minimum Gasteiger partial charge on any atom is -0.395 e. The number of halogens is 3. The maximum atomic E-state index is 8.48. The summed E-state index contributed by atoms with van der Waals surface area (Å²) in [5, 5.41) is 25.5. The van der Waals surface area contributed by atoms with Crippen LogP contribution in [0.3, 0.4) is 0 Å². The van der Waals surface area contributed by atoms with E-state index in [0.29, 0.717) is 19.6 Å². The number of nitrogens with two attached hydrogens (primary N) is 1. The Kier molecular flexibility index (Phi) is 28.9. The molecule has 0 aromatic carbocycles. The van der Waals surface area contributed by atoms with Crippen molar-refractivity contribution in [2.24, 2.45) is 5.73 Å². The summed E-state index contributed by atoms with van der Waals surface area (Å²) in [5.74, 6) is 0. The van der Waals surface area contributed by atoms with Crippen LogP contribution in [-0.2, 0) is 0 Å². The first kappa shape index (κ1) is 22.0. The molecule has 0 aromatic heterocycles. The maximum Gasteiger partial charge on any atom is 0.450 e. The second-order valence-electron chi connectivity index (χ2n) is 2.26. The molecule has 0 aliphatic rings. The van der Waals surface area contributed by atoms with Gasteiger partial charge in [-0.15, -0.1) is 0 Å². The minimum absolute atomic E-state index is 0.0694. The van der Waals surface area contributed by atoms with E-state index < -0.39 is 4.96 Å². The number of rotatable bonds is 6. The van der Waals surface area contributed by atoms with Crippen molar-refractivity contribution in [1.82, 2.24) is 4.90 Å². The number of aliphatic hydroxyl groups excluding tert-OH is 3. The van der Waals surface area contributed by atoms with Gasteiger partial charge in [0.1, 0.15) is 0 Å². The summed E-state index contributed by atoms with van der Waals surface area (Å²) in [6.07, 6.45) is 0. The van der Waals surface area contributed by atoms with Crippen LogP contribution in [0.15, 0.2) is 0 Å². The van der Waals surface area contributed by atoms with Crippen LogP contribution < -0.4 is 5.73 Å². The molecule has 0 aliphatic carbocycles. The molecule has 0 atom stereocenters. The first-order valence-electron chi connectivity index (χ1n) is 4.63. The van der Waals surface area contributed by atoms with E-state index in [2.05, 4.69) is 5.73 Å². The lowest BCUT2D eigenvalue weighted by molar-refractivity contribution is 0.136. The van der Waals surface area contributed by atoms with E-state index in [4.69, 9.17) is 49.7 Å². The van der Waals surface area contributed by atoms with Crippen molar-refractivity contribution < 1.29 is 15.3 Å². The predicted octanol–water partition coefficient (Wildman–Crippen LogP) is -0.472. The van der Waals surface area contributed by atoms with E-state index >= 15 is 0 Å². The van der Waals surface area contributed by atoms with E-state index in [-0.39, 0.29) is 19.8 Å². The molecular weight excluding hydrogens is 277 g/mol. The summed E-state index contributed by atoms with van der Waals surface area (Å²) < 4.78 is 0. The van der Waals surface area contributed by atoms with Gasteiger partial charge in [0.25, 0.3) is 0 Å². The topological polar surface area (TPSA) is 90.0 Å². The molecule has 0 heterocycles. The van der Waals surface area contributed by atoms with E-state index in [0.717, 1.165) is 0 Å². The molecule has 0 saturated heterocycles. The van der Waals surface area contributed by atoms with Crippen LogP contribution in [0, 0.1) is 0 Å². The molecule has 0 aromatic rings. The Hall–Kier alpha value is 0.735. The molecule has 100 valence electrons. The third-order valence-corrected chi connectivity index (χ3v) is 1.25. The molecule has 0 bridgehead atoms. The van der Waals surface area contributed by atoms with Gasteiger partial charge in [0.2, 0.25) is 0 Å². The summed E-state index contributed by atoms with van der Waals surface area (Å²) in [6, 6.07) is 0. The quantitative estimate of drug-likeness (QED) is 0.498. The standard InChI is InChI=1S/C6H15NO3.CH5N.BCl3/c8-4-1-7(2-5-9)3-6-10;1-2;2-1(3)4/h8-10H,1-6H2;2H2,1H3;. The summed E-state index contributed by atoms with van der Waals surface area (Å²) in [4.78, 5) is 1.04. The van der Waals surface area contributed by atoms with Crippen LogP contribution in [0.25, 0.3) is 0 Å². The van der Waals surface area contributed by atoms with Crippen LogP contribution >= 0.6 is 34.4 Å². The van der Waals surface area contributed by atoms with Gasteiger partial charge >= 0.3 is 4.96 Å². The van der Waals surface area contributed by atoms with Gasteiger partial charge in [-0.05, 0) is 7.05 Å². The summed E-state index contributed by atoms with van der Waals surface area (Å²) in [6.45, 7) is 1.75. The van der Waals surface area contributed by atoms with Gasteiger partial charge < -0.3 is 21.1 Å². The zero-order chi connectivity index (χ0) is 13.4. The fraction of sp³-hybridized carbons (Fsp3) is 1.00. The minimum atomic E-state index is -0.750. The lowest BCUT2D eigenvalue weighted by Crippen LogP contribution is -2.32. The van der Waals surface area contributed by atoms with Crippen molar-refractivity contribution in [3.63, 3.8) is 0 Å². The Bertz CT molecular complexity index is 99.9. The van der Waals surface area contributed by atoms with Gasteiger partial charge in [-0.2, -0.15) is 34.4 Å². The fourth-order valence-corrected chi connectivity index (χ4v) is 0.760. The highest BCUT2D eigenvalue weighted by Crippen LogP contribution is 1.97. The summed E-state index contributed by atoms with van der Waals surface area (Å²) in [7, 11) is 1.50. The van der Waals surface area contributed by atoms with Crippen molar-refractivity contribution >= 4 is 39.3 Å². The fourth-order valence-electron chi connectivity index (χ4n) is 0.760. The van der Waals surface area contributed by atoms with Gasteiger partial charge in [-0.1, -0.05) is 0 Å². The smallest absolute Gasteiger partial charge is 0.395 e. The van der Waals surface area contributed by atoms with Gasteiger partial charge in [-0.25, -0.2) is 0 Å². The average Bonchev–Trinajstić information content (AvgIpc) is 2.21. The molecule has 0 unspecified atom stereocenters. The summed E-state index contributed by atoms with van der Waals surface area (Å²) in [5.41, 5.74) is 4.50. The number of hydrogen-bond acceptors (Lipinski definition) is 5. The number of hydrogen-bond donors (Lipinski definition) is 4. The highest BCUT2D eigenvalue weighted by atomic mass is 35.6. The van der Waals surface area contributed by atoms with E-state index in [1.807, 2.05) is 0 Å². The number of nitrogens with zero attached hydrogens (tertiary/aromatic N) is 1. The van der Waals surface area contributed by atoms with E-state index in [1.165, 1.54) is 7.05 Å². The molecule has 5 nitrogen and oxygen atoms in total. The molecule has 0 spiro atoms. The molecule has 16 heavy (non-hydrogen) atoms. The largest absolute Gasteiger partial charge is 0.450 e. The second-order valence-corrected chi connectivity index (χ2v) is 4.24. The second kappa shape index (κ2) is 21.1. The Morgan fingerprint density at radius 2 is 1.06 bits per heavy atom. The molecule has 0 aliphatic heterocycles. The average molecular weight is 297 g/mol. The molecular formula is C7H20BCl3N2O3. The molecule has 5 N–H and O–H groups in total. The van der Waals surface area contributed by atoms with Gasteiger partial charge in [0, 0.05) is 19.6 Å². The first-order chi connectivity index (χ1) is 7.58. The normalized spacial score (nSPS) is 8.81. The van der Waals surface area contributed by atoms with Crippen LogP contribution in [-0.4, -0.2) is 71.7 Å². The molecule has 0 amide bonds. The molecule has 0 radical (unpaired) electrons. The lowest BCUT2D eigenvalue weighted by atomic mass is 10.4. The molecule has 0 rings (SSSR count). The van der Waals surface area contributed by atoms with E-state index in [1.54, 1.807) is 4.90 Å². The van der Waals surface area contributed by atoms with Crippen LogP contribution in [0.5, 0.6) is 0 Å². The van der Waals surface area contributed by atoms with Gasteiger partial charge in [0.15, 0.2) is 0 Å². The van der Waals surface area contributed by atoms with Gasteiger partial charge in [-0.3, -0.25) is 4.90 Å². The van der Waals surface area contributed by atoms with Gasteiger partial charge in [0.05, 0.1) is 19.8 Å². The highest BCUT2D eigenvalue weighted by Gasteiger charge is 2.00. The Morgan fingerprint density at radius 3 is 1.19 bits per heavy atom. The van der Waals surface area contributed by atoms with Crippen molar-refractivity contribution in [3.05, 3.63) is 0 Å². The molecule has 9 heteroatoms. The van der Waals surface area contributed by atoms with Crippen LogP contribution in [0.2, 0.25) is 0 Å². The zero-order valence-corrected chi connectivity index (χ0v) is 11.6. The first-order valence-corrected chi connectivity index (χ1v) is 5.94. The predicted molar refractivity (Wildman–Crippen MR) is 71.1 cm³/mol. The molecule has 0 saturated carbocycles. The highest BCUT2D eigenvalue weighted by molar-refractivity contribution is 7.54.